The average Bonchev–Trinajstić information content (AvgIpc) is 3.14. The predicted octanol–water partition coefficient (Wildman–Crippen LogP) is 3.13. The van der Waals surface area contributed by atoms with Gasteiger partial charge in [0.25, 0.3) is 0 Å². The van der Waals surface area contributed by atoms with E-state index in [-0.39, 0.29) is 0 Å². The molecule has 2 aromatic carbocycles. The van der Waals surface area contributed by atoms with E-state index in [2.05, 4.69) is 9.97 Å². The lowest BCUT2D eigenvalue weighted by Gasteiger charge is -2.07. The fourth-order valence-electron chi connectivity index (χ4n) is 3.21. The minimum Gasteiger partial charge on any atom is -0.383 e. The first-order chi connectivity index (χ1) is 13.7. The molecule has 4 N–H and O–H groups in total. The molecule has 1 unspecified atom stereocenters. The second-order valence-electron chi connectivity index (χ2n) is 6.42. The van der Waals surface area contributed by atoms with Crippen LogP contribution in [0.2, 0.25) is 0 Å². The summed E-state index contributed by atoms with van der Waals surface area (Å²) in [6.07, 6.45) is 4.23. The van der Waals surface area contributed by atoms with Crippen LogP contribution in [0.4, 0.5) is 5.82 Å². The Hall–Kier alpha value is -3.03. The number of fused-ring (bicyclic) bond motifs is 1. The first kappa shape index (κ1) is 18.3. The molecule has 0 aliphatic carbocycles. The van der Waals surface area contributed by atoms with Crippen molar-refractivity contribution in [2.45, 2.75) is 11.3 Å². The number of rotatable bonds is 6. The van der Waals surface area contributed by atoms with Crippen molar-refractivity contribution in [3.05, 3.63) is 67.1 Å². The summed E-state index contributed by atoms with van der Waals surface area (Å²) < 4.78 is 14.3. The number of hydrogen-bond donors (Lipinski definition) is 2. The second-order valence-corrected chi connectivity index (χ2v) is 7.99. The first-order valence-corrected chi connectivity index (χ1v) is 10.4. The van der Waals surface area contributed by atoms with E-state index in [1.54, 1.807) is 0 Å². The molecule has 2 aromatic heterocycles. The van der Waals surface area contributed by atoms with Crippen LogP contribution < -0.4 is 11.5 Å². The molecular formula is C21H21N5OS. The zero-order valence-corrected chi connectivity index (χ0v) is 16.1. The third-order valence-electron chi connectivity index (χ3n) is 4.61. The highest BCUT2D eigenvalue weighted by Crippen LogP contribution is 2.34. The lowest BCUT2D eigenvalue weighted by Crippen LogP contribution is -2.06. The van der Waals surface area contributed by atoms with E-state index in [1.165, 1.54) is 6.33 Å². The van der Waals surface area contributed by atoms with Crippen LogP contribution in [-0.2, 0) is 10.8 Å². The highest BCUT2D eigenvalue weighted by molar-refractivity contribution is 7.85. The molecule has 1 atom stereocenters. The van der Waals surface area contributed by atoms with Gasteiger partial charge in [0.05, 0.1) is 16.2 Å². The van der Waals surface area contributed by atoms with Crippen LogP contribution in [-0.4, -0.2) is 31.0 Å². The molecule has 7 heteroatoms. The zero-order chi connectivity index (χ0) is 19.5. The van der Waals surface area contributed by atoms with Gasteiger partial charge >= 0.3 is 0 Å². The number of benzene rings is 2. The maximum atomic E-state index is 12.3. The van der Waals surface area contributed by atoms with E-state index in [0.29, 0.717) is 18.1 Å². The minimum absolute atomic E-state index is 0.446. The van der Waals surface area contributed by atoms with Gasteiger partial charge in [-0.2, -0.15) is 0 Å². The fourth-order valence-corrected chi connectivity index (χ4v) is 4.31. The van der Waals surface area contributed by atoms with E-state index in [9.17, 15) is 4.21 Å². The lowest BCUT2D eigenvalue weighted by atomic mass is 10.1. The Balaban J connectivity index is 1.79. The topological polar surface area (TPSA) is 99.8 Å². The van der Waals surface area contributed by atoms with E-state index < -0.39 is 10.8 Å². The van der Waals surface area contributed by atoms with Crippen LogP contribution in [0.25, 0.3) is 27.8 Å². The average molecular weight is 392 g/mol. The lowest BCUT2D eigenvalue weighted by molar-refractivity contribution is 0.680. The number of nitrogens with zero attached hydrogens (tertiary/aromatic N) is 3. The minimum atomic E-state index is -1.04. The molecule has 0 bridgehead atoms. The Morgan fingerprint density at radius 3 is 2.46 bits per heavy atom. The smallest absolute Gasteiger partial charge is 0.150 e. The number of nitrogens with two attached hydrogens (primary N) is 2. The largest absolute Gasteiger partial charge is 0.383 e. The maximum absolute atomic E-state index is 12.3. The molecule has 4 aromatic rings. The predicted molar refractivity (Wildman–Crippen MR) is 114 cm³/mol. The summed E-state index contributed by atoms with van der Waals surface area (Å²) in [6.45, 7) is 0.544. The molecule has 0 spiro atoms. The van der Waals surface area contributed by atoms with Crippen LogP contribution in [0.1, 0.15) is 6.42 Å². The van der Waals surface area contributed by atoms with Crippen LogP contribution in [0, 0.1) is 0 Å². The van der Waals surface area contributed by atoms with Crippen LogP contribution >= 0.6 is 0 Å². The van der Waals surface area contributed by atoms with Gasteiger partial charge in [-0.25, -0.2) is 9.97 Å². The molecule has 0 saturated carbocycles. The van der Waals surface area contributed by atoms with Crippen molar-refractivity contribution in [1.82, 2.24) is 14.5 Å². The first-order valence-electron chi connectivity index (χ1n) is 9.05. The summed E-state index contributed by atoms with van der Waals surface area (Å²) in [5.74, 6) is 1.02. The summed E-state index contributed by atoms with van der Waals surface area (Å²) in [5.41, 5.74) is 15.4. The second kappa shape index (κ2) is 7.92. The molecule has 0 radical (unpaired) electrons. The Kier molecular flexibility index (Phi) is 5.18. The Morgan fingerprint density at radius 1 is 1.00 bits per heavy atom. The van der Waals surface area contributed by atoms with Gasteiger partial charge in [-0.15, -0.1) is 0 Å². The van der Waals surface area contributed by atoms with Gasteiger partial charge in [0.1, 0.15) is 12.1 Å². The normalized spacial score (nSPS) is 12.3. The van der Waals surface area contributed by atoms with Crippen molar-refractivity contribution in [3.63, 3.8) is 0 Å². The standard InChI is InChI=1S/C21H21N5OS/c22-11-4-12-28(27)17-9-7-16(8-10-17)26-13-18(15-5-2-1-3-6-15)19-20(23)24-14-25-21(19)26/h1-3,5-10,13-14H,4,11-12,22H2,(H2,23,24,25). The van der Waals surface area contributed by atoms with Gasteiger partial charge in [0.2, 0.25) is 0 Å². The Morgan fingerprint density at radius 2 is 1.75 bits per heavy atom. The molecule has 0 fully saturated rings. The fraction of sp³-hybridized carbons (Fsp3) is 0.143. The number of hydrogen-bond acceptors (Lipinski definition) is 5. The molecule has 2 heterocycles. The summed E-state index contributed by atoms with van der Waals surface area (Å²) >= 11 is 0. The molecule has 0 saturated heterocycles. The summed E-state index contributed by atoms with van der Waals surface area (Å²) in [6, 6.07) is 17.7. The molecule has 0 aliphatic rings. The molecular weight excluding hydrogens is 370 g/mol. The van der Waals surface area contributed by atoms with Gasteiger partial charge in [-0.05, 0) is 42.8 Å². The number of anilines is 1. The quantitative estimate of drug-likeness (QED) is 0.526. The van der Waals surface area contributed by atoms with Gasteiger partial charge < -0.3 is 16.0 Å². The van der Waals surface area contributed by atoms with Gasteiger partial charge in [-0.3, -0.25) is 4.21 Å². The summed E-state index contributed by atoms with van der Waals surface area (Å²) in [4.78, 5) is 9.43. The summed E-state index contributed by atoms with van der Waals surface area (Å²) in [7, 11) is -1.04. The van der Waals surface area contributed by atoms with Crippen molar-refractivity contribution >= 4 is 27.7 Å². The Bertz CT molecular complexity index is 1120. The van der Waals surface area contributed by atoms with Crippen molar-refractivity contribution < 1.29 is 4.21 Å². The number of nitrogen functional groups attached to an aromatic ring is 1. The molecule has 6 nitrogen and oxygen atoms in total. The highest BCUT2D eigenvalue weighted by Gasteiger charge is 2.16. The van der Waals surface area contributed by atoms with Crippen molar-refractivity contribution in [2.75, 3.05) is 18.0 Å². The number of aromatic nitrogens is 3. The van der Waals surface area contributed by atoms with E-state index in [0.717, 1.165) is 39.2 Å². The SMILES string of the molecule is NCCCS(=O)c1ccc(-n2cc(-c3ccccc3)c3c(N)ncnc32)cc1. The van der Waals surface area contributed by atoms with Crippen molar-refractivity contribution in [2.24, 2.45) is 5.73 Å². The van der Waals surface area contributed by atoms with Crippen molar-refractivity contribution in [1.29, 1.82) is 0 Å². The van der Waals surface area contributed by atoms with E-state index in [4.69, 9.17) is 11.5 Å². The molecule has 0 aliphatic heterocycles. The molecule has 142 valence electrons. The van der Waals surface area contributed by atoms with Gasteiger partial charge in [-0.1, -0.05) is 30.3 Å². The third kappa shape index (κ3) is 3.42. The van der Waals surface area contributed by atoms with Crippen LogP contribution in [0.15, 0.2) is 72.0 Å². The molecule has 4 rings (SSSR count). The molecule has 0 amide bonds. The van der Waals surface area contributed by atoms with Crippen molar-refractivity contribution in [3.8, 4) is 16.8 Å². The van der Waals surface area contributed by atoms with Gasteiger partial charge in [0, 0.05) is 28.1 Å². The zero-order valence-electron chi connectivity index (χ0n) is 15.3. The van der Waals surface area contributed by atoms with Gasteiger partial charge in [0.15, 0.2) is 5.65 Å². The third-order valence-corrected chi connectivity index (χ3v) is 6.07. The maximum Gasteiger partial charge on any atom is 0.150 e. The molecule has 28 heavy (non-hydrogen) atoms. The van der Waals surface area contributed by atoms with E-state index >= 15 is 0 Å². The summed E-state index contributed by atoms with van der Waals surface area (Å²) in [5, 5.41) is 0.823. The van der Waals surface area contributed by atoms with Crippen LogP contribution in [0.5, 0.6) is 0 Å². The highest BCUT2D eigenvalue weighted by atomic mass is 32.2. The Labute approximate surface area is 165 Å². The monoisotopic (exact) mass is 391 g/mol. The van der Waals surface area contributed by atoms with Crippen LogP contribution in [0.3, 0.4) is 0 Å². The van der Waals surface area contributed by atoms with E-state index in [1.807, 2.05) is 65.4 Å².